The van der Waals surface area contributed by atoms with E-state index >= 15 is 0 Å². The van der Waals surface area contributed by atoms with Gasteiger partial charge in [0.05, 0.1) is 0 Å². The van der Waals surface area contributed by atoms with Gasteiger partial charge in [-0.15, -0.1) is 0 Å². The number of rotatable bonds is 3. The van der Waals surface area contributed by atoms with Gasteiger partial charge in [0, 0.05) is 0 Å². The van der Waals surface area contributed by atoms with Gasteiger partial charge in [-0.3, -0.25) is 0 Å². The summed E-state index contributed by atoms with van der Waals surface area (Å²) in [6.07, 6.45) is 2.31. The highest BCUT2D eigenvalue weighted by molar-refractivity contribution is 6.32. The van der Waals surface area contributed by atoms with Crippen LogP contribution in [0.25, 0.3) is 0 Å². The molecule has 1 aromatic rings. The minimum Gasteiger partial charge on any atom is -0.0967 e. The van der Waals surface area contributed by atoms with Gasteiger partial charge < -0.3 is 0 Å². The zero-order valence-corrected chi connectivity index (χ0v) is 10.2. The highest BCUT2D eigenvalue weighted by Gasteiger charge is 1.98. The van der Waals surface area contributed by atoms with Crippen molar-refractivity contribution in [2.24, 2.45) is 5.92 Å². The Balaban J connectivity index is 3.00. The molecular weight excluding hydrogens is 191 g/mol. The highest BCUT2D eigenvalue weighted by Crippen LogP contribution is 2.09. The lowest BCUT2D eigenvalue weighted by Gasteiger charge is -2.06. The molecule has 0 spiro atoms. The summed E-state index contributed by atoms with van der Waals surface area (Å²) < 4.78 is 0. The molecule has 1 aromatic carbocycles. The summed E-state index contributed by atoms with van der Waals surface area (Å²) in [5.41, 5.74) is 2.12. The van der Waals surface area contributed by atoms with Crippen LogP contribution in [0.3, 0.4) is 0 Å². The quantitative estimate of drug-likeness (QED) is 0.672. The molecule has 0 aromatic heterocycles. The molecule has 0 aliphatic heterocycles. The average Bonchev–Trinajstić information content (AvgIpc) is 2.29. The molecule has 1 atom stereocenters. The van der Waals surface area contributed by atoms with Crippen molar-refractivity contribution in [1.29, 1.82) is 0 Å². The van der Waals surface area contributed by atoms with Crippen LogP contribution in [0.1, 0.15) is 25.8 Å². The fraction of sp³-hybridized carbons (Fsp3) is 0.333. The summed E-state index contributed by atoms with van der Waals surface area (Å²) in [6, 6.07) is 16.2. The van der Waals surface area contributed by atoms with Crippen molar-refractivity contribution in [3.05, 3.63) is 54.1 Å². The molecule has 2 radical (unpaired) electrons. The molecule has 0 N–H and O–H groups in total. The third-order valence-corrected chi connectivity index (χ3v) is 2.70. The Hall–Kier alpha value is -1.24. The van der Waals surface area contributed by atoms with E-state index in [4.69, 9.17) is 7.85 Å². The van der Waals surface area contributed by atoms with E-state index in [0.29, 0.717) is 5.92 Å². The van der Waals surface area contributed by atoms with Gasteiger partial charge in [-0.25, -0.2) is 0 Å². The second-order valence-corrected chi connectivity index (χ2v) is 4.23. The molecule has 0 saturated heterocycles. The fourth-order valence-electron chi connectivity index (χ4n) is 1.47. The zero-order valence-electron chi connectivity index (χ0n) is 10.2. The van der Waals surface area contributed by atoms with Gasteiger partial charge in [-0.05, 0) is 17.9 Å². The molecular formula is C15H19B. The maximum atomic E-state index is 5.82. The molecule has 1 heteroatoms. The van der Waals surface area contributed by atoms with Gasteiger partial charge in [-0.2, -0.15) is 0 Å². The molecule has 0 fully saturated rings. The monoisotopic (exact) mass is 210 g/mol. The maximum absolute atomic E-state index is 5.82. The van der Waals surface area contributed by atoms with Crippen molar-refractivity contribution in [3.8, 4) is 0 Å². The molecule has 0 bridgehead atoms. The SMILES string of the molecule is [B]c1ccccccc(CC(C)CC)cc1. The Morgan fingerprint density at radius 1 is 1.00 bits per heavy atom. The summed E-state index contributed by atoms with van der Waals surface area (Å²) in [6.45, 7) is 4.50. The third-order valence-electron chi connectivity index (χ3n) is 2.70. The van der Waals surface area contributed by atoms with Crippen molar-refractivity contribution in [2.45, 2.75) is 26.7 Å². The fourth-order valence-corrected chi connectivity index (χ4v) is 1.47. The normalized spacial score (nSPS) is 11.6. The molecule has 0 aliphatic carbocycles. The van der Waals surface area contributed by atoms with Crippen LogP contribution in [-0.2, 0) is 6.42 Å². The van der Waals surface area contributed by atoms with Gasteiger partial charge in [0.2, 0.25) is 0 Å². The second-order valence-electron chi connectivity index (χ2n) is 4.23. The van der Waals surface area contributed by atoms with E-state index in [1.54, 1.807) is 0 Å². The summed E-state index contributed by atoms with van der Waals surface area (Å²) in [7, 11) is 5.82. The molecule has 1 rings (SSSR count). The first-order valence-corrected chi connectivity index (χ1v) is 5.90. The van der Waals surface area contributed by atoms with Crippen LogP contribution in [0, 0.1) is 5.92 Å². The van der Waals surface area contributed by atoms with Crippen LogP contribution in [0.2, 0.25) is 0 Å². The minimum absolute atomic E-state index is 0.716. The molecule has 16 heavy (non-hydrogen) atoms. The Kier molecular flexibility index (Phi) is 5.70. The molecule has 0 saturated carbocycles. The lowest BCUT2D eigenvalue weighted by Crippen LogP contribution is -1.99. The van der Waals surface area contributed by atoms with E-state index in [-0.39, 0.29) is 0 Å². The molecule has 0 aliphatic rings. The van der Waals surface area contributed by atoms with Crippen LogP contribution in [0.4, 0.5) is 0 Å². The van der Waals surface area contributed by atoms with Crippen molar-refractivity contribution in [1.82, 2.24) is 0 Å². The van der Waals surface area contributed by atoms with Gasteiger partial charge >= 0.3 is 0 Å². The minimum atomic E-state index is 0.716. The van der Waals surface area contributed by atoms with Crippen LogP contribution in [-0.4, -0.2) is 7.85 Å². The van der Waals surface area contributed by atoms with Crippen LogP contribution >= 0.6 is 0 Å². The first-order valence-electron chi connectivity index (χ1n) is 5.90. The molecule has 82 valence electrons. The largest absolute Gasteiger partial charge is 0.113 e. The molecule has 0 nitrogen and oxygen atoms in total. The van der Waals surface area contributed by atoms with Gasteiger partial charge in [-0.1, -0.05) is 74.3 Å². The van der Waals surface area contributed by atoms with Crippen molar-refractivity contribution < 1.29 is 0 Å². The number of hydrogen-bond donors (Lipinski definition) is 0. The summed E-state index contributed by atoms with van der Waals surface area (Å²) >= 11 is 0. The first kappa shape index (κ1) is 12.8. The van der Waals surface area contributed by atoms with Crippen LogP contribution in [0.5, 0.6) is 0 Å². The Morgan fingerprint density at radius 2 is 1.69 bits per heavy atom. The van der Waals surface area contributed by atoms with E-state index < -0.39 is 0 Å². The van der Waals surface area contributed by atoms with Crippen LogP contribution in [0.15, 0.2) is 48.5 Å². The van der Waals surface area contributed by atoms with Crippen molar-refractivity contribution in [3.63, 3.8) is 0 Å². The topological polar surface area (TPSA) is 0 Å². The average molecular weight is 210 g/mol. The first-order chi connectivity index (χ1) is 7.72. The van der Waals surface area contributed by atoms with E-state index in [1.165, 1.54) is 12.0 Å². The highest BCUT2D eigenvalue weighted by atomic mass is 14.0. The lowest BCUT2D eigenvalue weighted by molar-refractivity contribution is 0.560. The molecule has 0 heterocycles. The Morgan fingerprint density at radius 3 is 2.38 bits per heavy atom. The smallest absolute Gasteiger partial charge is 0.0967 e. The van der Waals surface area contributed by atoms with Gasteiger partial charge in [0.15, 0.2) is 0 Å². The maximum Gasteiger partial charge on any atom is 0.113 e. The number of hydrogen-bond acceptors (Lipinski definition) is 0. The molecule has 0 amide bonds. The van der Waals surface area contributed by atoms with Gasteiger partial charge in [0.1, 0.15) is 7.85 Å². The Labute approximate surface area is 100 Å². The lowest BCUT2D eigenvalue weighted by atomic mass is 9.96. The second kappa shape index (κ2) is 7.11. The third kappa shape index (κ3) is 5.02. The van der Waals surface area contributed by atoms with E-state index in [0.717, 1.165) is 11.9 Å². The predicted octanol–water partition coefficient (Wildman–Crippen LogP) is 3.19. The molecule has 1 unspecified atom stereocenters. The van der Waals surface area contributed by atoms with E-state index in [2.05, 4.69) is 32.0 Å². The van der Waals surface area contributed by atoms with Crippen molar-refractivity contribution in [2.75, 3.05) is 0 Å². The van der Waals surface area contributed by atoms with Crippen molar-refractivity contribution >= 4 is 13.3 Å². The van der Waals surface area contributed by atoms with Crippen LogP contribution < -0.4 is 5.46 Å². The van der Waals surface area contributed by atoms with E-state index in [1.807, 2.05) is 30.3 Å². The predicted molar refractivity (Wildman–Crippen MR) is 72.6 cm³/mol. The summed E-state index contributed by atoms with van der Waals surface area (Å²) in [5.74, 6) is 0.716. The standard InChI is InChI=1S/C15H19B/c1-3-13(2)12-14-8-6-4-5-7-9-15(16)11-10-14/h4-11,13H,3,12H2,1-2H3. The zero-order chi connectivity index (χ0) is 11.8. The van der Waals surface area contributed by atoms with E-state index in [9.17, 15) is 0 Å². The summed E-state index contributed by atoms with van der Waals surface area (Å²) in [5, 5.41) is 0. The van der Waals surface area contributed by atoms with Gasteiger partial charge in [0.25, 0.3) is 0 Å². The Bertz CT molecular complexity index is 370. The summed E-state index contributed by atoms with van der Waals surface area (Å²) in [4.78, 5) is 0.